The van der Waals surface area contributed by atoms with E-state index in [1.807, 2.05) is 176 Å². The molecule has 0 amide bonds. The maximum Gasteiger partial charge on any atom is 3.00 e. The van der Waals surface area contributed by atoms with Gasteiger partial charge in [-0.2, -0.15) is 13.2 Å². The van der Waals surface area contributed by atoms with Gasteiger partial charge in [-0.05, 0) is 88.2 Å². The van der Waals surface area contributed by atoms with E-state index < -0.39 is 15.6 Å². The summed E-state index contributed by atoms with van der Waals surface area (Å²) in [6.07, 6.45) is 8.98. The van der Waals surface area contributed by atoms with Crippen LogP contribution in [0.2, 0.25) is 0 Å². The summed E-state index contributed by atoms with van der Waals surface area (Å²) in [5, 5.41) is 18.6. The van der Waals surface area contributed by atoms with Gasteiger partial charge >= 0.3 is 25.6 Å². The molecular weight excluding hydrogens is 1570 g/mol. The van der Waals surface area contributed by atoms with Crippen LogP contribution in [0.1, 0.15) is 50.7 Å². The minimum absolute atomic E-state index is 0. The van der Waals surface area contributed by atoms with Gasteiger partial charge in [0.1, 0.15) is 16.7 Å². The third-order valence-corrected chi connectivity index (χ3v) is 14.0. The van der Waals surface area contributed by atoms with E-state index in [1.165, 1.54) is 16.5 Å². The summed E-state index contributed by atoms with van der Waals surface area (Å²) in [6, 6.07) is 88.6. The SMILES string of the molecule is CC(C)c1cccc2c1oc1c(-c3ccccn3)[c-]ccc12.CC(C)c1cccc2c1oc1c(-c3ccccn3)cccc12.CO.CO.O=S(=O)([O-])C(F)(F)F.[Ir+3].[Ir].[c-]1ccccc1-c1ccccn1.[c-]1ccccc1-c1ccccn1.[c-]1ccccc1-c1ccccn1. The fraction of sp³-hybridized carbons (Fsp3) is 0.118. The second-order valence-corrected chi connectivity index (χ2v) is 21.4. The Kier molecular flexibility index (Phi) is 30.6. The van der Waals surface area contributed by atoms with Gasteiger partial charge in [-0.1, -0.05) is 142 Å². The molecule has 0 fully saturated rings. The fourth-order valence-corrected chi connectivity index (χ4v) is 9.19. The van der Waals surface area contributed by atoms with Crippen molar-refractivity contribution in [2.75, 3.05) is 14.2 Å². The molecule has 0 atom stereocenters. The van der Waals surface area contributed by atoms with E-state index in [9.17, 15) is 13.2 Å². The molecule has 0 saturated carbocycles. The smallest absolute Gasteiger partial charge is 0.741 e. The van der Waals surface area contributed by atoms with Crippen molar-refractivity contribution in [2.45, 2.75) is 45.0 Å². The van der Waals surface area contributed by atoms with Crippen LogP contribution in [0, 0.1) is 24.3 Å². The Morgan fingerprint density at radius 3 is 1.04 bits per heavy atom. The van der Waals surface area contributed by atoms with E-state index in [-0.39, 0.29) is 40.2 Å². The van der Waals surface area contributed by atoms with Gasteiger partial charge in [0.15, 0.2) is 10.1 Å². The summed E-state index contributed by atoms with van der Waals surface area (Å²) in [7, 11) is -4.09. The van der Waals surface area contributed by atoms with Crippen LogP contribution < -0.4 is 0 Å². The summed E-state index contributed by atoms with van der Waals surface area (Å²) < 4.78 is 71.5. The number of fused-ring (bicyclic) bond motifs is 6. The normalized spacial score (nSPS) is 10.4. The maximum atomic E-state index is 10.7. The molecule has 7 aromatic carbocycles. The van der Waals surface area contributed by atoms with Crippen LogP contribution in [0.3, 0.4) is 0 Å². The van der Waals surface area contributed by atoms with E-state index in [1.54, 1.807) is 24.8 Å². The Morgan fingerprint density at radius 2 is 0.713 bits per heavy atom. The number of aliphatic hydroxyl groups is 2. The van der Waals surface area contributed by atoms with E-state index in [0.717, 1.165) is 109 Å². The molecule has 0 saturated heterocycles. The molecule has 94 heavy (non-hydrogen) atoms. The summed E-state index contributed by atoms with van der Waals surface area (Å²) in [5.41, 5.74) is 10.4. The number of hydrogen-bond donors (Lipinski definition) is 2. The first kappa shape index (κ1) is 75.5. The molecule has 0 aliphatic rings. The topological polar surface area (TPSA) is 188 Å². The Labute approximate surface area is 572 Å². The van der Waals surface area contributed by atoms with Crippen molar-refractivity contribution >= 4 is 54.0 Å². The number of benzene rings is 7. The zero-order valence-corrected chi connectivity index (χ0v) is 57.5. The monoisotopic (exact) mass is 1630 g/mol. The van der Waals surface area contributed by atoms with Crippen LogP contribution in [-0.2, 0) is 50.3 Å². The number of alkyl halides is 3. The van der Waals surface area contributed by atoms with Gasteiger partial charge in [0.25, 0.3) is 0 Å². The summed E-state index contributed by atoms with van der Waals surface area (Å²) in [4.78, 5) is 21.6. The van der Waals surface area contributed by atoms with E-state index in [4.69, 9.17) is 32.0 Å². The van der Waals surface area contributed by atoms with Crippen molar-refractivity contribution in [1.82, 2.24) is 24.9 Å². The van der Waals surface area contributed by atoms with Crippen LogP contribution in [-0.4, -0.2) is 67.8 Å². The van der Waals surface area contributed by atoms with Crippen LogP contribution in [0.15, 0.2) is 270 Å². The molecule has 14 rings (SSSR count). The third kappa shape index (κ3) is 20.7. The largest absolute Gasteiger partial charge is 3.00 e. The zero-order chi connectivity index (χ0) is 65.9. The first-order valence-corrected chi connectivity index (χ1v) is 30.3. The molecule has 0 aliphatic carbocycles. The molecule has 483 valence electrons. The molecule has 1 radical (unpaired) electrons. The van der Waals surface area contributed by atoms with Crippen LogP contribution in [0.5, 0.6) is 0 Å². The second kappa shape index (κ2) is 38.1. The number of pyridine rings is 5. The van der Waals surface area contributed by atoms with Crippen molar-refractivity contribution in [1.29, 1.82) is 0 Å². The molecule has 0 aliphatic heterocycles. The number of para-hydroxylation sites is 3. The number of furan rings is 2. The average Bonchev–Trinajstić information content (AvgIpc) is 1.62. The van der Waals surface area contributed by atoms with Gasteiger partial charge in [0.05, 0.1) is 11.3 Å². The Balaban J connectivity index is 0.000000208. The molecule has 14 aromatic rings. The van der Waals surface area contributed by atoms with Gasteiger partial charge in [-0.15, -0.1) is 126 Å². The maximum absolute atomic E-state index is 10.7. The molecule has 0 unspecified atom stereocenters. The van der Waals surface area contributed by atoms with E-state index in [0.29, 0.717) is 11.8 Å². The number of halogens is 3. The predicted molar refractivity (Wildman–Crippen MR) is 358 cm³/mol. The number of rotatable bonds is 7. The molecule has 0 bridgehead atoms. The average molecular weight is 1630 g/mol. The molecule has 0 spiro atoms. The minimum Gasteiger partial charge on any atom is -0.741 e. The molecule has 7 heterocycles. The van der Waals surface area contributed by atoms with Gasteiger partial charge in [-0.25, -0.2) is 8.42 Å². The minimum atomic E-state index is -6.09. The number of aliphatic hydroxyl groups excluding tert-OH is 2. The number of nitrogens with zero attached hydrogens (tertiary/aromatic N) is 5. The van der Waals surface area contributed by atoms with Crippen molar-refractivity contribution in [3.05, 3.63) is 297 Å². The number of aromatic nitrogens is 5. The van der Waals surface area contributed by atoms with Gasteiger partial charge in [0.2, 0.25) is 0 Å². The van der Waals surface area contributed by atoms with Crippen molar-refractivity contribution in [3.63, 3.8) is 0 Å². The first-order valence-electron chi connectivity index (χ1n) is 28.8. The molecule has 7 aromatic heterocycles. The first-order chi connectivity index (χ1) is 44.7. The molecule has 12 nitrogen and oxygen atoms in total. The second-order valence-electron chi connectivity index (χ2n) is 20.0. The molecule has 18 heteroatoms. The van der Waals surface area contributed by atoms with E-state index >= 15 is 0 Å². The van der Waals surface area contributed by atoms with Crippen molar-refractivity contribution < 1.29 is 85.4 Å². The molecule has 2 N–H and O–H groups in total. The fourth-order valence-electron chi connectivity index (χ4n) is 9.19. The summed E-state index contributed by atoms with van der Waals surface area (Å²) in [6.45, 7) is 8.77. The Morgan fingerprint density at radius 1 is 0.394 bits per heavy atom. The zero-order valence-electron chi connectivity index (χ0n) is 51.9. The van der Waals surface area contributed by atoms with Gasteiger partial charge in [-0.3, -0.25) is 4.98 Å². The van der Waals surface area contributed by atoms with Gasteiger partial charge in [0, 0.05) is 87.0 Å². The van der Waals surface area contributed by atoms with Crippen LogP contribution in [0.4, 0.5) is 13.2 Å². The van der Waals surface area contributed by atoms with Crippen molar-refractivity contribution in [2.24, 2.45) is 0 Å². The quantitative estimate of drug-likeness (QED) is 0.0874. The van der Waals surface area contributed by atoms with Gasteiger partial charge < -0.3 is 43.5 Å². The Bertz CT molecular complexity index is 4120. The standard InChI is InChI=1S/C20H17NO.C20H16NO.3C11H8N.CHF3O3S.2CH4O.2Ir/c2*1-13(2)14-7-5-8-15-16-9-6-10-17(20(16)22-19(14)15)18-11-3-4-12-21-18;3*1-2-6-10(7-3-1)11-8-4-5-9-12-11;2-1(3,4)8(5,6)7;2*1-2;;/h3-13H,1-2H3;3-9,11-13H,1-2H3;3*1-6,8-9H;(H,5,6,7);2*2H,1H3;;/q;4*-1;;;;;+3/p-1. The molecular formula is C76H65F3Ir2N5O7S-2. The summed E-state index contributed by atoms with van der Waals surface area (Å²) in [5.74, 6) is 0.856. The summed E-state index contributed by atoms with van der Waals surface area (Å²) >= 11 is 0. The Hall–Kier alpha value is -9.19. The third-order valence-electron chi connectivity index (χ3n) is 13.4. The number of hydrogen-bond acceptors (Lipinski definition) is 12. The van der Waals surface area contributed by atoms with Crippen LogP contribution >= 0.6 is 0 Å². The predicted octanol–water partition coefficient (Wildman–Crippen LogP) is 18.3. The van der Waals surface area contributed by atoms with Crippen LogP contribution in [0.25, 0.3) is 100 Å². The van der Waals surface area contributed by atoms with E-state index in [2.05, 4.69) is 138 Å². The van der Waals surface area contributed by atoms with Crippen molar-refractivity contribution in [3.8, 4) is 56.3 Å².